The molecule has 1 atom stereocenters. The van der Waals surface area contributed by atoms with E-state index < -0.39 is 41.8 Å². The summed E-state index contributed by atoms with van der Waals surface area (Å²) in [4.78, 5) is 9.14. The molecule has 37 heavy (non-hydrogen) atoms. The molecule has 9 heteroatoms. The van der Waals surface area contributed by atoms with Gasteiger partial charge in [0.2, 0.25) is 0 Å². The molecule has 0 aromatic heterocycles. The van der Waals surface area contributed by atoms with E-state index in [1.165, 1.54) is 24.3 Å². The first-order valence-electron chi connectivity index (χ1n) is 11.4. The Hall–Kier alpha value is -3.88. The maximum absolute atomic E-state index is 15.0. The van der Waals surface area contributed by atoms with E-state index in [1.807, 2.05) is 0 Å². The molecule has 0 amide bonds. The summed E-state index contributed by atoms with van der Waals surface area (Å²) in [5.74, 6) is -2.40. The van der Waals surface area contributed by atoms with E-state index in [0.29, 0.717) is 40.8 Å². The first kappa shape index (κ1) is 26.2. The summed E-state index contributed by atoms with van der Waals surface area (Å²) in [5.41, 5.74) is 2.70. The highest BCUT2D eigenvalue weighted by molar-refractivity contribution is 6.02. The van der Waals surface area contributed by atoms with Gasteiger partial charge in [-0.1, -0.05) is 54.2 Å². The van der Waals surface area contributed by atoms with Crippen molar-refractivity contribution in [3.05, 3.63) is 107 Å². The van der Waals surface area contributed by atoms with Crippen molar-refractivity contribution in [1.82, 2.24) is 0 Å². The SMILES string of the molecule is C=C(CC(F)(F)F)O/N=C(\C)c1ccc(-c2ccc(C3CCC(c4c(F)cccc4F)=N3)c(F)c2)cc1. The lowest BCUT2D eigenvalue weighted by atomic mass is 9.97. The quantitative estimate of drug-likeness (QED) is 0.135. The molecule has 0 saturated carbocycles. The van der Waals surface area contributed by atoms with E-state index in [-0.39, 0.29) is 11.3 Å². The highest BCUT2D eigenvalue weighted by Crippen LogP contribution is 2.35. The molecule has 1 unspecified atom stereocenters. The summed E-state index contributed by atoms with van der Waals surface area (Å²) in [6, 6.07) is 14.6. The highest BCUT2D eigenvalue weighted by Gasteiger charge is 2.29. The summed E-state index contributed by atoms with van der Waals surface area (Å²) in [6.45, 7) is 4.78. The molecule has 1 heterocycles. The van der Waals surface area contributed by atoms with Gasteiger partial charge in [-0.2, -0.15) is 13.2 Å². The number of oxime groups is 1. The van der Waals surface area contributed by atoms with E-state index in [4.69, 9.17) is 4.84 Å². The van der Waals surface area contributed by atoms with Crippen LogP contribution in [-0.4, -0.2) is 17.6 Å². The minimum absolute atomic E-state index is 0.170. The van der Waals surface area contributed by atoms with Gasteiger partial charge < -0.3 is 4.84 Å². The molecule has 3 aromatic carbocycles. The summed E-state index contributed by atoms with van der Waals surface area (Å²) < 4.78 is 80.4. The molecular formula is C28H22F6N2O. The average Bonchev–Trinajstić information content (AvgIpc) is 3.31. The zero-order valence-electron chi connectivity index (χ0n) is 19.7. The maximum Gasteiger partial charge on any atom is 0.396 e. The first-order valence-corrected chi connectivity index (χ1v) is 11.4. The minimum atomic E-state index is -4.43. The van der Waals surface area contributed by atoms with Crippen LogP contribution in [0.1, 0.15) is 48.9 Å². The van der Waals surface area contributed by atoms with Gasteiger partial charge in [0.15, 0.2) is 0 Å². The van der Waals surface area contributed by atoms with E-state index in [1.54, 1.807) is 43.3 Å². The molecule has 0 bridgehead atoms. The number of benzene rings is 3. The number of halogens is 6. The van der Waals surface area contributed by atoms with Crippen LogP contribution >= 0.6 is 0 Å². The molecule has 0 fully saturated rings. The average molecular weight is 516 g/mol. The topological polar surface area (TPSA) is 34.0 Å². The second kappa shape index (κ2) is 10.6. The zero-order valence-corrected chi connectivity index (χ0v) is 19.7. The zero-order chi connectivity index (χ0) is 26.7. The third-order valence-electron chi connectivity index (χ3n) is 5.92. The Labute approximate surface area is 209 Å². The van der Waals surface area contributed by atoms with Gasteiger partial charge in [-0.15, -0.1) is 0 Å². The Bertz CT molecular complexity index is 1360. The third-order valence-corrected chi connectivity index (χ3v) is 5.92. The Balaban J connectivity index is 1.47. The Morgan fingerprint density at radius 2 is 1.62 bits per heavy atom. The number of allylic oxidation sites excluding steroid dienone is 1. The van der Waals surface area contributed by atoms with Crippen molar-refractivity contribution >= 4 is 11.4 Å². The third kappa shape index (κ3) is 6.28. The van der Waals surface area contributed by atoms with Gasteiger partial charge in [-0.05, 0) is 54.7 Å². The number of nitrogens with zero attached hydrogens (tertiary/aromatic N) is 2. The minimum Gasteiger partial charge on any atom is -0.361 e. The predicted molar refractivity (Wildman–Crippen MR) is 130 cm³/mol. The van der Waals surface area contributed by atoms with Gasteiger partial charge in [0, 0.05) is 11.3 Å². The molecular weight excluding hydrogens is 494 g/mol. The van der Waals surface area contributed by atoms with Crippen LogP contribution in [-0.2, 0) is 4.84 Å². The molecule has 0 N–H and O–H groups in total. The van der Waals surface area contributed by atoms with Crippen molar-refractivity contribution in [3.63, 3.8) is 0 Å². The van der Waals surface area contributed by atoms with Gasteiger partial charge in [-0.3, -0.25) is 4.99 Å². The van der Waals surface area contributed by atoms with Crippen LogP contribution in [0.4, 0.5) is 26.3 Å². The molecule has 3 nitrogen and oxygen atoms in total. The lowest BCUT2D eigenvalue weighted by Crippen LogP contribution is -2.09. The normalized spacial score (nSPS) is 16.0. The fourth-order valence-electron chi connectivity index (χ4n) is 4.10. The standard InChI is InChI=1S/C28H22F6N2O/c1-16(15-28(32,33)34)37-36-17(2)18-6-8-19(9-7-18)20-10-11-21(24(31)14-20)25-12-13-26(35-25)27-22(29)4-3-5-23(27)30/h3-11,14,25H,1,12-13,15H2,2H3/b36-17+. The smallest absolute Gasteiger partial charge is 0.361 e. The Kier molecular flexibility index (Phi) is 7.52. The summed E-state index contributed by atoms with van der Waals surface area (Å²) in [7, 11) is 0. The van der Waals surface area contributed by atoms with Crippen LogP contribution < -0.4 is 0 Å². The van der Waals surface area contributed by atoms with Gasteiger partial charge in [0.25, 0.3) is 0 Å². The van der Waals surface area contributed by atoms with Gasteiger partial charge in [0.05, 0.1) is 17.3 Å². The lowest BCUT2D eigenvalue weighted by Gasteiger charge is -2.11. The number of rotatable bonds is 7. The van der Waals surface area contributed by atoms with Crippen molar-refractivity contribution in [1.29, 1.82) is 0 Å². The van der Waals surface area contributed by atoms with Crippen molar-refractivity contribution < 1.29 is 31.2 Å². The van der Waals surface area contributed by atoms with Gasteiger partial charge >= 0.3 is 6.18 Å². The summed E-state index contributed by atoms with van der Waals surface area (Å²) >= 11 is 0. The van der Waals surface area contributed by atoms with E-state index in [2.05, 4.69) is 16.7 Å². The van der Waals surface area contributed by atoms with Crippen LogP contribution in [0.25, 0.3) is 11.1 Å². The van der Waals surface area contributed by atoms with Crippen molar-refractivity contribution in [2.75, 3.05) is 0 Å². The van der Waals surface area contributed by atoms with Crippen LogP contribution in [0, 0.1) is 17.5 Å². The molecule has 1 aliphatic heterocycles. The monoisotopic (exact) mass is 516 g/mol. The predicted octanol–water partition coefficient (Wildman–Crippen LogP) is 8.30. The van der Waals surface area contributed by atoms with E-state index >= 15 is 4.39 Å². The second-order valence-corrected chi connectivity index (χ2v) is 8.64. The largest absolute Gasteiger partial charge is 0.396 e. The fraction of sp³-hybridized carbons (Fsp3) is 0.214. The Morgan fingerprint density at radius 3 is 2.24 bits per heavy atom. The fourth-order valence-corrected chi connectivity index (χ4v) is 4.10. The number of hydrogen-bond donors (Lipinski definition) is 0. The molecule has 0 aliphatic carbocycles. The second-order valence-electron chi connectivity index (χ2n) is 8.64. The molecule has 0 saturated heterocycles. The molecule has 3 aromatic rings. The van der Waals surface area contributed by atoms with Crippen molar-refractivity contribution in [2.24, 2.45) is 10.1 Å². The highest BCUT2D eigenvalue weighted by atomic mass is 19.4. The number of alkyl halides is 3. The summed E-state index contributed by atoms with van der Waals surface area (Å²) in [5, 5.41) is 3.69. The van der Waals surface area contributed by atoms with Crippen molar-refractivity contribution in [3.8, 4) is 11.1 Å². The van der Waals surface area contributed by atoms with E-state index in [9.17, 15) is 22.0 Å². The van der Waals surface area contributed by atoms with E-state index in [0.717, 1.165) is 0 Å². The van der Waals surface area contributed by atoms with Crippen LogP contribution in [0.3, 0.4) is 0 Å². The van der Waals surface area contributed by atoms with Gasteiger partial charge in [0.1, 0.15) is 29.6 Å². The number of hydrogen-bond acceptors (Lipinski definition) is 3. The number of aliphatic imine (C=N–C) groups is 1. The van der Waals surface area contributed by atoms with Crippen molar-refractivity contribution in [2.45, 2.75) is 38.4 Å². The van der Waals surface area contributed by atoms with Crippen LogP contribution in [0.15, 0.2) is 83.1 Å². The molecule has 0 radical (unpaired) electrons. The molecule has 192 valence electrons. The molecule has 1 aliphatic rings. The lowest BCUT2D eigenvalue weighted by molar-refractivity contribution is -0.134. The first-order chi connectivity index (χ1) is 17.5. The summed E-state index contributed by atoms with van der Waals surface area (Å²) in [6.07, 6.45) is -4.96. The molecule has 0 spiro atoms. The van der Waals surface area contributed by atoms with Crippen LogP contribution in [0.2, 0.25) is 0 Å². The Morgan fingerprint density at radius 1 is 0.973 bits per heavy atom. The van der Waals surface area contributed by atoms with Gasteiger partial charge in [-0.25, -0.2) is 13.2 Å². The maximum atomic E-state index is 15.0. The van der Waals surface area contributed by atoms with Crippen LogP contribution in [0.5, 0.6) is 0 Å². The molecule has 4 rings (SSSR count).